The molecule has 1 aromatic rings. The molecule has 0 heterocycles. The van der Waals surface area contributed by atoms with Crippen LogP contribution in [0.3, 0.4) is 0 Å². The Balaban J connectivity index is 1.95. The van der Waals surface area contributed by atoms with Crippen LogP contribution in [0.4, 0.5) is 4.39 Å². The van der Waals surface area contributed by atoms with E-state index >= 15 is 0 Å². The zero-order valence-corrected chi connectivity index (χ0v) is 13.5. The fourth-order valence-electron chi connectivity index (χ4n) is 3.14. The maximum Gasteiger partial charge on any atom is 0.165 e. The Bertz CT molecular complexity index is 441. The summed E-state index contributed by atoms with van der Waals surface area (Å²) in [5, 5.41) is 3.29. The zero-order chi connectivity index (χ0) is 15.2. The van der Waals surface area contributed by atoms with Crippen molar-refractivity contribution in [3.63, 3.8) is 0 Å². The van der Waals surface area contributed by atoms with Gasteiger partial charge in [0.2, 0.25) is 0 Å². The predicted molar refractivity (Wildman–Crippen MR) is 85.2 cm³/mol. The molecular formula is C18H28FNO. The van der Waals surface area contributed by atoms with E-state index in [1.54, 1.807) is 12.1 Å². The molecule has 0 bridgehead atoms. The van der Waals surface area contributed by atoms with Gasteiger partial charge in [-0.25, -0.2) is 4.39 Å². The number of nitrogens with one attached hydrogen (secondary N) is 1. The van der Waals surface area contributed by atoms with E-state index in [1.807, 2.05) is 13.0 Å². The lowest BCUT2D eigenvalue weighted by Crippen LogP contribution is -2.24. The molecule has 0 spiro atoms. The van der Waals surface area contributed by atoms with Gasteiger partial charge >= 0.3 is 0 Å². The largest absolute Gasteiger partial charge is 0.487 e. The Labute approximate surface area is 128 Å². The SMILES string of the molecule is CCNC(C)c1ccc(OC2CCC(CC)CC2)c(F)c1. The van der Waals surface area contributed by atoms with Gasteiger partial charge in [0.1, 0.15) is 0 Å². The first-order chi connectivity index (χ1) is 10.1. The highest BCUT2D eigenvalue weighted by Gasteiger charge is 2.22. The maximum absolute atomic E-state index is 14.2. The number of rotatable bonds is 6. The molecule has 1 fully saturated rings. The van der Waals surface area contributed by atoms with E-state index in [0.29, 0.717) is 5.75 Å². The normalized spacial score (nSPS) is 23.8. The summed E-state index contributed by atoms with van der Waals surface area (Å²) in [5.41, 5.74) is 0.969. The second-order valence-corrected chi connectivity index (χ2v) is 6.14. The number of ether oxygens (including phenoxy) is 1. The molecule has 1 saturated carbocycles. The molecule has 1 N–H and O–H groups in total. The molecule has 1 unspecified atom stereocenters. The molecule has 0 amide bonds. The van der Waals surface area contributed by atoms with Gasteiger partial charge in [-0.05, 0) is 62.8 Å². The lowest BCUT2D eigenvalue weighted by molar-refractivity contribution is 0.125. The zero-order valence-electron chi connectivity index (χ0n) is 13.5. The minimum atomic E-state index is -0.241. The van der Waals surface area contributed by atoms with Gasteiger partial charge < -0.3 is 10.1 Å². The monoisotopic (exact) mass is 293 g/mol. The maximum atomic E-state index is 14.2. The highest BCUT2D eigenvalue weighted by molar-refractivity contribution is 5.31. The van der Waals surface area contributed by atoms with Crippen LogP contribution >= 0.6 is 0 Å². The first-order valence-corrected chi connectivity index (χ1v) is 8.33. The summed E-state index contributed by atoms with van der Waals surface area (Å²) in [7, 11) is 0. The van der Waals surface area contributed by atoms with E-state index in [9.17, 15) is 4.39 Å². The van der Waals surface area contributed by atoms with Gasteiger partial charge in [-0.2, -0.15) is 0 Å². The van der Waals surface area contributed by atoms with Crippen LogP contribution in [0.1, 0.15) is 64.5 Å². The van der Waals surface area contributed by atoms with Crippen LogP contribution in [0, 0.1) is 11.7 Å². The van der Waals surface area contributed by atoms with Crippen LogP contribution in [-0.2, 0) is 0 Å². The number of benzene rings is 1. The van der Waals surface area contributed by atoms with Crippen LogP contribution in [-0.4, -0.2) is 12.6 Å². The standard InChI is InChI=1S/C18H28FNO/c1-4-14-6-9-16(10-7-14)21-18-11-8-15(12-17(18)19)13(3)20-5-2/h8,11-14,16,20H,4-7,9-10H2,1-3H3. The van der Waals surface area contributed by atoms with Crippen molar-refractivity contribution >= 4 is 0 Å². The average molecular weight is 293 g/mol. The highest BCUT2D eigenvalue weighted by atomic mass is 19.1. The van der Waals surface area contributed by atoms with Gasteiger partial charge in [-0.3, -0.25) is 0 Å². The third kappa shape index (κ3) is 4.44. The van der Waals surface area contributed by atoms with E-state index < -0.39 is 0 Å². The molecule has 1 atom stereocenters. The van der Waals surface area contributed by atoms with Gasteiger partial charge in [0.25, 0.3) is 0 Å². The van der Waals surface area contributed by atoms with Crippen LogP contribution in [0.25, 0.3) is 0 Å². The summed E-state index contributed by atoms with van der Waals surface area (Å²) in [4.78, 5) is 0. The second kappa shape index (κ2) is 7.79. The summed E-state index contributed by atoms with van der Waals surface area (Å²) in [6, 6.07) is 5.51. The Morgan fingerprint density at radius 2 is 1.95 bits per heavy atom. The molecule has 21 heavy (non-hydrogen) atoms. The summed E-state index contributed by atoms with van der Waals surface area (Å²) in [5.74, 6) is 0.996. The molecule has 2 rings (SSSR count). The third-order valence-corrected chi connectivity index (χ3v) is 4.63. The van der Waals surface area contributed by atoms with E-state index in [-0.39, 0.29) is 18.0 Å². The molecule has 3 heteroatoms. The van der Waals surface area contributed by atoms with Crippen molar-refractivity contribution in [2.45, 2.75) is 65.0 Å². The van der Waals surface area contributed by atoms with Crippen LogP contribution in [0.2, 0.25) is 0 Å². The van der Waals surface area contributed by atoms with Gasteiger partial charge in [-0.15, -0.1) is 0 Å². The fourth-order valence-corrected chi connectivity index (χ4v) is 3.14. The van der Waals surface area contributed by atoms with Crippen LogP contribution in [0.5, 0.6) is 5.75 Å². The van der Waals surface area contributed by atoms with E-state index in [1.165, 1.54) is 19.3 Å². The summed E-state index contributed by atoms with van der Waals surface area (Å²) in [6.07, 6.45) is 5.94. The summed E-state index contributed by atoms with van der Waals surface area (Å²) in [6.45, 7) is 7.22. The van der Waals surface area contributed by atoms with Crippen molar-refractivity contribution in [2.75, 3.05) is 6.54 Å². The lowest BCUT2D eigenvalue weighted by Gasteiger charge is -2.28. The Kier molecular flexibility index (Phi) is 6.04. The van der Waals surface area contributed by atoms with Crippen molar-refractivity contribution in [2.24, 2.45) is 5.92 Å². The number of hydrogen-bond acceptors (Lipinski definition) is 2. The molecule has 2 nitrogen and oxygen atoms in total. The Morgan fingerprint density at radius 3 is 2.52 bits per heavy atom. The molecular weight excluding hydrogens is 265 g/mol. The topological polar surface area (TPSA) is 21.3 Å². The lowest BCUT2D eigenvalue weighted by atomic mass is 9.86. The van der Waals surface area contributed by atoms with Gasteiger partial charge in [0.05, 0.1) is 6.10 Å². The Morgan fingerprint density at radius 1 is 1.24 bits per heavy atom. The van der Waals surface area contributed by atoms with Crippen molar-refractivity contribution < 1.29 is 9.13 Å². The predicted octanol–water partition coefficient (Wildman–Crippen LogP) is 4.84. The van der Waals surface area contributed by atoms with E-state index in [2.05, 4.69) is 19.2 Å². The minimum absolute atomic E-state index is 0.165. The van der Waals surface area contributed by atoms with Gasteiger partial charge in [-0.1, -0.05) is 26.3 Å². The van der Waals surface area contributed by atoms with Crippen molar-refractivity contribution in [3.8, 4) is 5.75 Å². The summed E-state index contributed by atoms with van der Waals surface area (Å²) < 4.78 is 20.1. The number of hydrogen-bond donors (Lipinski definition) is 1. The second-order valence-electron chi connectivity index (χ2n) is 6.14. The molecule has 118 valence electrons. The Hall–Kier alpha value is -1.09. The fraction of sp³-hybridized carbons (Fsp3) is 0.667. The molecule has 1 aliphatic rings. The molecule has 0 aromatic heterocycles. The van der Waals surface area contributed by atoms with Crippen LogP contribution in [0.15, 0.2) is 18.2 Å². The van der Waals surface area contributed by atoms with Crippen LogP contribution < -0.4 is 10.1 Å². The smallest absolute Gasteiger partial charge is 0.165 e. The summed E-state index contributed by atoms with van der Waals surface area (Å²) >= 11 is 0. The molecule has 0 aliphatic heterocycles. The average Bonchev–Trinajstić information content (AvgIpc) is 2.50. The van der Waals surface area contributed by atoms with E-state index in [4.69, 9.17) is 4.74 Å². The molecule has 1 aromatic carbocycles. The number of halogens is 1. The third-order valence-electron chi connectivity index (χ3n) is 4.63. The molecule has 1 aliphatic carbocycles. The highest BCUT2D eigenvalue weighted by Crippen LogP contribution is 2.31. The van der Waals surface area contributed by atoms with Crippen molar-refractivity contribution in [1.29, 1.82) is 0 Å². The molecule has 0 radical (unpaired) electrons. The van der Waals surface area contributed by atoms with Crippen molar-refractivity contribution in [1.82, 2.24) is 5.32 Å². The quantitative estimate of drug-likeness (QED) is 0.810. The van der Waals surface area contributed by atoms with Gasteiger partial charge in [0.15, 0.2) is 11.6 Å². The first kappa shape index (κ1) is 16.3. The van der Waals surface area contributed by atoms with Crippen molar-refractivity contribution in [3.05, 3.63) is 29.6 Å². The van der Waals surface area contributed by atoms with E-state index in [0.717, 1.165) is 30.9 Å². The molecule has 0 saturated heterocycles. The first-order valence-electron chi connectivity index (χ1n) is 8.33. The minimum Gasteiger partial charge on any atom is -0.487 e. The van der Waals surface area contributed by atoms with Gasteiger partial charge in [0, 0.05) is 6.04 Å².